The molecule has 0 spiro atoms. The van der Waals surface area contributed by atoms with Gasteiger partial charge in [0.1, 0.15) is 5.75 Å². The van der Waals surface area contributed by atoms with Crippen LogP contribution in [0.1, 0.15) is 24.2 Å². The van der Waals surface area contributed by atoms with Crippen molar-refractivity contribution in [3.05, 3.63) is 42.0 Å². The normalized spacial score (nSPS) is 17.5. The van der Waals surface area contributed by atoms with Gasteiger partial charge in [-0.25, -0.2) is 0 Å². The molecule has 0 unspecified atom stereocenters. The fourth-order valence-corrected chi connectivity index (χ4v) is 3.07. The number of amides is 1. The molecule has 2 aromatic heterocycles. The second kappa shape index (κ2) is 6.81. The second-order valence-electron chi connectivity index (χ2n) is 5.97. The third kappa shape index (κ3) is 3.70. The first kappa shape index (κ1) is 15.5. The van der Waals surface area contributed by atoms with Gasteiger partial charge in [0, 0.05) is 18.4 Å². The van der Waals surface area contributed by atoms with Gasteiger partial charge >= 0.3 is 0 Å². The molecule has 1 fully saturated rings. The first-order chi connectivity index (χ1) is 11.1. The summed E-state index contributed by atoms with van der Waals surface area (Å²) < 4.78 is 7.52. The molecule has 1 amide bonds. The molecule has 1 atom stereocenters. The number of rotatable bonds is 5. The minimum atomic E-state index is 0.0258. The number of likely N-dealkylation sites (tertiary alicyclic amines) is 1. The van der Waals surface area contributed by atoms with Gasteiger partial charge in [-0.05, 0) is 44.9 Å². The number of carbonyl (C=O) groups excluding carboxylic acids is 1. The fourth-order valence-electron chi connectivity index (χ4n) is 3.07. The van der Waals surface area contributed by atoms with Crippen LogP contribution >= 0.6 is 0 Å². The van der Waals surface area contributed by atoms with Gasteiger partial charge in [0.2, 0.25) is 0 Å². The molecule has 1 aliphatic heterocycles. The highest BCUT2D eigenvalue weighted by atomic mass is 16.5. The van der Waals surface area contributed by atoms with Crippen LogP contribution in [0.3, 0.4) is 0 Å². The number of aromatic nitrogens is 3. The monoisotopic (exact) mass is 314 g/mol. The third-order valence-electron chi connectivity index (χ3n) is 4.18. The van der Waals surface area contributed by atoms with E-state index in [1.807, 2.05) is 23.4 Å². The van der Waals surface area contributed by atoms with Crippen molar-refractivity contribution in [1.82, 2.24) is 19.7 Å². The molecule has 1 aliphatic rings. The van der Waals surface area contributed by atoms with Gasteiger partial charge in [0.25, 0.3) is 5.91 Å². The van der Waals surface area contributed by atoms with Crippen LogP contribution in [0.15, 0.2) is 30.6 Å². The van der Waals surface area contributed by atoms with Crippen LogP contribution in [-0.4, -0.2) is 44.8 Å². The zero-order valence-corrected chi connectivity index (χ0v) is 13.6. The lowest BCUT2D eigenvalue weighted by atomic mass is 10.2. The van der Waals surface area contributed by atoms with Gasteiger partial charge in [-0.2, -0.15) is 5.10 Å². The van der Waals surface area contributed by atoms with Crippen molar-refractivity contribution < 1.29 is 9.53 Å². The molecule has 0 saturated carbocycles. The number of hydrogen-bond donors (Lipinski definition) is 0. The molecule has 1 saturated heterocycles. The average Bonchev–Trinajstić information content (AvgIpc) is 3.13. The largest absolute Gasteiger partial charge is 0.482 e. The summed E-state index contributed by atoms with van der Waals surface area (Å²) in [4.78, 5) is 18.4. The molecule has 6 heteroatoms. The fraction of sp³-hybridized carbons (Fsp3) is 0.471. The smallest absolute Gasteiger partial charge is 0.260 e. The van der Waals surface area contributed by atoms with Crippen LogP contribution in [0.5, 0.6) is 5.75 Å². The van der Waals surface area contributed by atoms with Gasteiger partial charge in [-0.3, -0.25) is 14.5 Å². The van der Waals surface area contributed by atoms with E-state index in [0.717, 1.165) is 37.3 Å². The van der Waals surface area contributed by atoms with E-state index in [1.165, 1.54) is 0 Å². The Morgan fingerprint density at radius 2 is 2.30 bits per heavy atom. The third-order valence-corrected chi connectivity index (χ3v) is 4.18. The number of ether oxygens (including phenoxy) is 1. The lowest BCUT2D eigenvalue weighted by Gasteiger charge is -2.25. The molecule has 3 rings (SSSR count). The number of carbonyl (C=O) groups is 1. The summed E-state index contributed by atoms with van der Waals surface area (Å²) in [6.07, 6.45) is 5.34. The van der Waals surface area contributed by atoms with Crippen molar-refractivity contribution in [2.24, 2.45) is 0 Å². The summed E-state index contributed by atoms with van der Waals surface area (Å²) in [6, 6.07) is 5.85. The van der Waals surface area contributed by atoms with Crippen molar-refractivity contribution in [2.75, 3.05) is 13.2 Å². The highest BCUT2D eigenvalue weighted by Crippen LogP contribution is 2.20. The van der Waals surface area contributed by atoms with Crippen LogP contribution in [0.25, 0.3) is 0 Å². The molecule has 0 aliphatic carbocycles. The lowest BCUT2D eigenvalue weighted by molar-refractivity contribution is -0.134. The Balaban J connectivity index is 1.59. The molecule has 0 radical (unpaired) electrons. The number of hydrogen-bond acceptors (Lipinski definition) is 4. The molecule has 122 valence electrons. The molecule has 0 bridgehead atoms. The van der Waals surface area contributed by atoms with Crippen LogP contribution in [0.2, 0.25) is 0 Å². The van der Waals surface area contributed by atoms with Crippen molar-refractivity contribution in [3.8, 4) is 5.75 Å². The molecule has 0 aromatic carbocycles. The second-order valence-corrected chi connectivity index (χ2v) is 5.97. The number of pyridine rings is 1. The van der Waals surface area contributed by atoms with E-state index in [9.17, 15) is 4.79 Å². The van der Waals surface area contributed by atoms with Crippen LogP contribution in [0, 0.1) is 13.8 Å². The standard InChI is InChI=1S/C17H22N4O2/c1-13-9-14(2)21(19-13)11-15-5-4-8-20(15)17(22)12-23-16-6-3-7-18-10-16/h3,6-7,9-10,15H,4-5,8,11-12H2,1-2H3/t15-/m1/s1. The van der Waals surface area contributed by atoms with Crippen LogP contribution in [0.4, 0.5) is 0 Å². The highest BCUT2D eigenvalue weighted by Gasteiger charge is 2.29. The first-order valence-corrected chi connectivity index (χ1v) is 7.97. The summed E-state index contributed by atoms with van der Waals surface area (Å²) >= 11 is 0. The minimum absolute atomic E-state index is 0.0258. The summed E-state index contributed by atoms with van der Waals surface area (Å²) in [5, 5.41) is 4.50. The maximum Gasteiger partial charge on any atom is 0.260 e. The maximum absolute atomic E-state index is 12.5. The molecule has 23 heavy (non-hydrogen) atoms. The molecule has 6 nitrogen and oxygen atoms in total. The molecule has 3 heterocycles. The van der Waals surface area contributed by atoms with Crippen LogP contribution < -0.4 is 4.74 Å². The van der Waals surface area contributed by atoms with Crippen molar-refractivity contribution in [2.45, 2.75) is 39.3 Å². The Bertz CT molecular complexity index is 668. The molecule has 2 aromatic rings. The molecule has 0 N–H and O–H groups in total. The Hall–Kier alpha value is -2.37. The van der Waals surface area contributed by atoms with Gasteiger partial charge in [-0.1, -0.05) is 0 Å². The van der Waals surface area contributed by atoms with E-state index < -0.39 is 0 Å². The zero-order chi connectivity index (χ0) is 16.2. The number of nitrogens with zero attached hydrogens (tertiary/aromatic N) is 4. The van der Waals surface area contributed by atoms with E-state index in [-0.39, 0.29) is 18.6 Å². The van der Waals surface area contributed by atoms with E-state index in [2.05, 4.69) is 16.1 Å². The van der Waals surface area contributed by atoms with E-state index in [0.29, 0.717) is 5.75 Å². The van der Waals surface area contributed by atoms with Gasteiger partial charge in [0.05, 0.1) is 24.5 Å². The average molecular weight is 314 g/mol. The minimum Gasteiger partial charge on any atom is -0.482 e. The number of aryl methyl sites for hydroxylation is 2. The summed E-state index contributed by atoms with van der Waals surface area (Å²) in [6.45, 7) is 5.63. The first-order valence-electron chi connectivity index (χ1n) is 7.97. The molecular weight excluding hydrogens is 292 g/mol. The lowest BCUT2D eigenvalue weighted by Crippen LogP contribution is -2.41. The SMILES string of the molecule is Cc1cc(C)n(C[C@H]2CCCN2C(=O)COc2cccnc2)n1. The maximum atomic E-state index is 12.5. The summed E-state index contributed by atoms with van der Waals surface area (Å²) in [5.41, 5.74) is 2.15. The van der Waals surface area contributed by atoms with Gasteiger partial charge < -0.3 is 9.64 Å². The quantitative estimate of drug-likeness (QED) is 0.846. The topological polar surface area (TPSA) is 60.2 Å². The predicted octanol–water partition coefficient (Wildman–Crippen LogP) is 1.96. The van der Waals surface area contributed by atoms with Crippen molar-refractivity contribution >= 4 is 5.91 Å². The van der Waals surface area contributed by atoms with Gasteiger partial charge in [0.15, 0.2) is 6.61 Å². The van der Waals surface area contributed by atoms with Crippen LogP contribution in [-0.2, 0) is 11.3 Å². The molecular formula is C17H22N4O2. The summed E-state index contributed by atoms with van der Waals surface area (Å²) in [7, 11) is 0. The summed E-state index contributed by atoms with van der Waals surface area (Å²) in [5.74, 6) is 0.646. The Morgan fingerprint density at radius 1 is 1.43 bits per heavy atom. The van der Waals surface area contributed by atoms with E-state index in [4.69, 9.17) is 4.74 Å². The zero-order valence-electron chi connectivity index (χ0n) is 13.6. The van der Waals surface area contributed by atoms with E-state index in [1.54, 1.807) is 24.5 Å². The Morgan fingerprint density at radius 3 is 3.00 bits per heavy atom. The van der Waals surface area contributed by atoms with E-state index >= 15 is 0 Å². The predicted molar refractivity (Wildman–Crippen MR) is 86.2 cm³/mol. The van der Waals surface area contributed by atoms with Crippen molar-refractivity contribution in [3.63, 3.8) is 0 Å². The Kier molecular flexibility index (Phi) is 4.60. The van der Waals surface area contributed by atoms with Crippen molar-refractivity contribution in [1.29, 1.82) is 0 Å². The Labute approximate surface area is 136 Å². The highest BCUT2D eigenvalue weighted by molar-refractivity contribution is 5.78. The van der Waals surface area contributed by atoms with Gasteiger partial charge in [-0.15, -0.1) is 0 Å².